The van der Waals surface area contributed by atoms with Crippen LogP contribution < -0.4 is 0 Å². The Morgan fingerprint density at radius 2 is 2.11 bits per heavy atom. The summed E-state index contributed by atoms with van der Waals surface area (Å²) in [5.74, 6) is -0.629. The van der Waals surface area contributed by atoms with E-state index < -0.39 is 22.4 Å². The van der Waals surface area contributed by atoms with Crippen LogP contribution in [0.4, 0.5) is 4.39 Å². The van der Waals surface area contributed by atoms with Crippen LogP contribution in [-0.2, 0) is 21.4 Å². The van der Waals surface area contributed by atoms with Gasteiger partial charge in [-0.1, -0.05) is 0 Å². The van der Waals surface area contributed by atoms with Crippen LogP contribution in [-0.4, -0.2) is 45.1 Å². The molecule has 0 bridgehead atoms. The van der Waals surface area contributed by atoms with Crippen LogP contribution in [0, 0.1) is 5.82 Å². The number of ether oxygens (including phenoxy) is 1. The van der Waals surface area contributed by atoms with Crippen molar-refractivity contribution in [3.63, 3.8) is 0 Å². The fraction of sp³-hybridized carbons (Fsp3) is 0.455. The summed E-state index contributed by atoms with van der Waals surface area (Å²) in [7, 11) is -0.798. The Kier molecular flexibility index (Phi) is 5.21. The first-order valence-electron chi connectivity index (χ1n) is 5.28. The molecule has 5 nitrogen and oxygen atoms in total. The lowest BCUT2D eigenvalue weighted by Crippen LogP contribution is -2.30. The molecule has 0 aromatic heterocycles. The molecule has 0 aliphatic heterocycles. The Balaban J connectivity index is 3.05. The van der Waals surface area contributed by atoms with Crippen molar-refractivity contribution in [3.8, 4) is 0 Å². The normalized spacial score (nSPS) is 12.1. The number of sulfonamides is 1. The molecule has 0 atom stereocenters. The zero-order chi connectivity index (χ0) is 13.8. The summed E-state index contributed by atoms with van der Waals surface area (Å²) in [6, 6.07) is 3.34. The molecule has 7 heteroatoms. The second kappa shape index (κ2) is 6.24. The maximum atomic E-state index is 13.2. The molecule has 18 heavy (non-hydrogen) atoms. The molecule has 1 rings (SSSR count). The Morgan fingerprint density at radius 3 is 2.67 bits per heavy atom. The molecule has 1 aromatic carbocycles. The summed E-state index contributed by atoms with van der Waals surface area (Å²) in [6.07, 6.45) is 0. The van der Waals surface area contributed by atoms with Crippen molar-refractivity contribution in [1.82, 2.24) is 4.31 Å². The van der Waals surface area contributed by atoms with Gasteiger partial charge in [-0.2, -0.15) is 4.31 Å². The van der Waals surface area contributed by atoms with E-state index in [1.807, 2.05) is 0 Å². The zero-order valence-electron chi connectivity index (χ0n) is 10.3. The SMILES string of the molecule is COCCN(C)S(=O)(=O)c1ccc(F)c(CO)c1. The third kappa shape index (κ3) is 3.26. The van der Waals surface area contributed by atoms with Gasteiger partial charge in [0.15, 0.2) is 0 Å². The number of hydrogen-bond donors (Lipinski definition) is 1. The van der Waals surface area contributed by atoms with Crippen LogP contribution in [0.1, 0.15) is 5.56 Å². The summed E-state index contributed by atoms with van der Waals surface area (Å²) in [4.78, 5) is -0.0495. The van der Waals surface area contributed by atoms with Gasteiger partial charge >= 0.3 is 0 Å². The fourth-order valence-electron chi connectivity index (χ4n) is 1.35. The van der Waals surface area contributed by atoms with E-state index in [9.17, 15) is 12.8 Å². The molecule has 0 saturated heterocycles. The molecule has 0 saturated carbocycles. The van der Waals surface area contributed by atoms with Crippen LogP contribution in [0.15, 0.2) is 23.1 Å². The average Bonchev–Trinajstić information content (AvgIpc) is 2.36. The van der Waals surface area contributed by atoms with Crippen molar-refractivity contribution in [2.75, 3.05) is 27.3 Å². The molecule has 0 radical (unpaired) electrons. The molecule has 0 spiro atoms. The van der Waals surface area contributed by atoms with Crippen molar-refractivity contribution >= 4 is 10.0 Å². The highest BCUT2D eigenvalue weighted by molar-refractivity contribution is 7.89. The van der Waals surface area contributed by atoms with E-state index >= 15 is 0 Å². The minimum Gasteiger partial charge on any atom is -0.392 e. The highest BCUT2D eigenvalue weighted by Gasteiger charge is 2.21. The van der Waals surface area contributed by atoms with E-state index in [-0.39, 0.29) is 23.6 Å². The number of aliphatic hydroxyl groups is 1. The van der Waals surface area contributed by atoms with Crippen molar-refractivity contribution in [1.29, 1.82) is 0 Å². The maximum absolute atomic E-state index is 13.2. The van der Waals surface area contributed by atoms with E-state index in [1.165, 1.54) is 20.2 Å². The van der Waals surface area contributed by atoms with Crippen molar-refractivity contribution in [2.24, 2.45) is 0 Å². The van der Waals surface area contributed by atoms with Crippen LogP contribution in [0.2, 0.25) is 0 Å². The van der Waals surface area contributed by atoms with Gasteiger partial charge in [0.2, 0.25) is 10.0 Å². The molecule has 1 aromatic rings. The third-order valence-electron chi connectivity index (χ3n) is 2.51. The highest BCUT2D eigenvalue weighted by atomic mass is 32.2. The highest BCUT2D eigenvalue weighted by Crippen LogP contribution is 2.18. The van der Waals surface area contributed by atoms with Crippen LogP contribution >= 0.6 is 0 Å². The molecule has 0 amide bonds. The number of aliphatic hydroxyl groups excluding tert-OH is 1. The second-order valence-corrected chi connectivity index (χ2v) is 5.78. The number of halogens is 1. The predicted octanol–water partition coefficient (Wildman–Crippen LogP) is 0.585. The van der Waals surface area contributed by atoms with E-state index in [2.05, 4.69) is 0 Å². The third-order valence-corrected chi connectivity index (χ3v) is 4.36. The summed E-state index contributed by atoms with van der Waals surface area (Å²) in [5.41, 5.74) is -0.0452. The molecule has 0 heterocycles. The molecule has 0 fully saturated rings. The Labute approximate surface area is 106 Å². The van der Waals surface area contributed by atoms with Gasteiger partial charge in [0.25, 0.3) is 0 Å². The number of nitrogens with zero attached hydrogens (tertiary/aromatic N) is 1. The molecule has 0 aliphatic rings. The first-order chi connectivity index (χ1) is 8.43. The van der Waals surface area contributed by atoms with Gasteiger partial charge in [0.05, 0.1) is 18.1 Å². The Bertz CT molecular complexity index is 504. The molecule has 1 N–H and O–H groups in total. The fourth-order valence-corrected chi connectivity index (χ4v) is 2.56. The van der Waals surface area contributed by atoms with Crippen LogP contribution in [0.3, 0.4) is 0 Å². The number of methoxy groups -OCH3 is 1. The van der Waals surface area contributed by atoms with Crippen LogP contribution in [0.25, 0.3) is 0 Å². The van der Waals surface area contributed by atoms with Gasteiger partial charge in [-0.15, -0.1) is 0 Å². The standard InChI is InChI=1S/C11H16FNO4S/c1-13(5-6-17-2)18(15,16)10-3-4-11(12)9(7-10)8-14/h3-4,7,14H,5-6,8H2,1-2H3. The van der Waals surface area contributed by atoms with Crippen molar-refractivity contribution in [2.45, 2.75) is 11.5 Å². The quantitative estimate of drug-likeness (QED) is 0.826. The predicted molar refractivity (Wildman–Crippen MR) is 64.0 cm³/mol. The van der Waals surface area contributed by atoms with E-state index in [0.717, 1.165) is 16.4 Å². The average molecular weight is 277 g/mol. The van der Waals surface area contributed by atoms with Gasteiger partial charge in [0.1, 0.15) is 5.82 Å². The number of rotatable bonds is 6. The monoisotopic (exact) mass is 277 g/mol. The minimum atomic E-state index is -3.69. The minimum absolute atomic E-state index is 0.0452. The Hall–Kier alpha value is -1.02. The largest absolute Gasteiger partial charge is 0.392 e. The molecule has 102 valence electrons. The van der Waals surface area contributed by atoms with Gasteiger partial charge in [0, 0.05) is 26.3 Å². The Morgan fingerprint density at radius 1 is 1.44 bits per heavy atom. The lowest BCUT2D eigenvalue weighted by atomic mass is 10.2. The first-order valence-corrected chi connectivity index (χ1v) is 6.72. The van der Waals surface area contributed by atoms with E-state index in [1.54, 1.807) is 0 Å². The summed E-state index contributed by atoms with van der Waals surface area (Å²) in [5, 5.41) is 8.92. The van der Waals surface area contributed by atoms with Gasteiger partial charge in [-0.05, 0) is 18.2 Å². The van der Waals surface area contributed by atoms with Gasteiger partial charge in [-0.25, -0.2) is 12.8 Å². The van der Waals surface area contributed by atoms with E-state index in [0.29, 0.717) is 0 Å². The summed E-state index contributed by atoms with van der Waals surface area (Å²) in [6.45, 7) is -0.0779. The smallest absolute Gasteiger partial charge is 0.242 e. The van der Waals surface area contributed by atoms with Crippen LogP contribution in [0.5, 0.6) is 0 Å². The van der Waals surface area contributed by atoms with Crippen molar-refractivity contribution < 1.29 is 22.7 Å². The lowest BCUT2D eigenvalue weighted by Gasteiger charge is -2.17. The zero-order valence-corrected chi connectivity index (χ0v) is 11.1. The summed E-state index contributed by atoms with van der Waals surface area (Å²) >= 11 is 0. The second-order valence-electron chi connectivity index (χ2n) is 3.73. The lowest BCUT2D eigenvalue weighted by molar-refractivity contribution is 0.185. The number of likely N-dealkylation sites (N-methyl/N-ethyl adjacent to an activating group) is 1. The molecular weight excluding hydrogens is 261 g/mol. The topological polar surface area (TPSA) is 66.8 Å². The van der Waals surface area contributed by atoms with Crippen molar-refractivity contribution in [3.05, 3.63) is 29.6 Å². The molecule has 0 aliphatic carbocycles. The van der Waals surface area contributed by atoms with E-state index in [4.69, 9.17) is 9.84 Å². The number of benzene rings is 1. The number of hydrogen-bond acceptors (Lipinski definition) is 4. The first kappa shape index (κ1) is 15.0. The summed E-state index contributed by atoms with van der Waals surface area (Å²) < 4.78 is 43.3. The maximum Gasteiger partial charge on any atom is 0.242 e. The molecular formula is C11H16FNO4S. The van der Waals surface area contributed by atoms with Gasteiger partial charge < -0.3 is 9.84 Å². The molecule has 0 unspecified atom stereocenters. The van der Waals surface area contributed by atoms with Gasteiger partial charge in [-0.3, -0.25) is 0 Å².